The van der Waals surface area contributed by atoms with Crippen LogP contribution in [-0.2, 0) is 11.2 Å². The standard InChI is InChI=1S/C20H24N2O3S/c1-2-25-18-14-22(13-17(18)23)20(24)16-9-6-11-21-19(16)26-12-10-15-7-4-3-5-8-15/h3-9,11,17-18,23H,2,10,12-14H2,1H3/t17-,18-/m1/s1. The Kier molecular flexibility index (Phi) is 6.66. The Morgan fingerprint density at radius 1 is 1.27 bits per heavy atom. The van der Waals surface area contributed by atoms with Crippen LogP contribution in [0, 0.1) is 0 Å². The molecule has 26 heavy (non-hydrogen) atoms. The van der Waals surface area contributed by atoms with Crippen LogP contribution in [0.3, 0.4) is 0 Å². The molecule has 1 aromatic carbocycles. The molecule has 1 aliphatic rings. The van der Waals surface area contributed by atoms with Gasteiger partial charge >= 0.3 is 0 Å². The first kappa shape index (κ1) is 18.9. The van der Waals surface area contributed by atoms with Crippen LogP contribution in [0.2, 0.25) is 0 Å². The van der Waals surface area contributed by atoms with Crippen LogP contribution < -0.4 is 0 Å². The SMILES string of the molecule is CCO[C@@H]1CN(C(=O)c2cccnc2SCCc2ccccc2)C[C@H]1O. The van der Waals surface area contributed by atoms with Crippen LogP contribution in [0.25, 0.3) is 0 Å². The van der Waals surface area contributed by atoms with Gasteiger partial charge in [0.05, 0.1) is 11.7 Å². The van der Waals surface area contributed by atoms with Crippen molar-refractivity contribution in [2.75, 3.05) is 25.4 Å². The minimum atomic E-state index is -0.634. The van der Waals surface area contributed by atoms with E-state index in [4.69, 9.17) is 4.74 Å². The molecule has 1 amide bonds. The first-order valence-corrected chi connectivity index (χ1v) is 9.88. The lowest BCUT2D eigenvalue weighted by atomic mass is 10.2. The Morgan fingerprint density at radius 2 is 2.08 bits per heavy atom. The summed E-state index contributed by atoms with van der Waals surface area (Å²) in [7, 11) is 0. The van der Waals surface area contributed by atoms with E-state index in [0.29, 0.717) is 25.3 Å². The third kappa shape index (κ3) is 4.63. The number of likely N-dealkylation sites (tertiary alicyclic amines) is 1. The van der Waals surface area contributed by atoms with E-state index in [1.807, 2.05) is 25.1 Å². The first-order valence-electron chi connectivity index (χ1n) is 8.89. The Balaban J connectivity index is 1.64. The molecule has 0 unspecified atom stereocenters. The second-order valence-corrected chi connectivity index (χ2v) is 7.30. The lowest BCUT2D eigenvalue weighted by molar-refractivity contribution is -0.00237. The number of thioether (sulfide) groups is 1. The van der Waals surface area contributed by atoms with E-state index in [9.17, 15) is 9.90 Å². The number of benzene rings is 1. The molecule has 1 aliphatic heterocycles. The fraction of sp³-hybridized carbons (Fsp3) is 0.400. The number of aromatic nitrogens is 1. The fourth-order valence-corrected chi connectivity index (χ4v) is 4.03. The van der Waals surface area contributed by atoms with Gasteiger partial charge in [0, 0.05) is 31.6 Å². The zero-order valence-corrected chi connectivity index (χ0v) is 15.7. The number of aliphatic hydroxyl groups is 1. The van der Waals surface area contributed by atoms with Crippen molar-refractivity contribution in [1.82, 2.24) is 9.88 Å². The van der Waals surface area contributed by atoms with Crippen LogP contribution in [0.5, 0.6) is 0 Å². The summed E-state index contributed by atoms with van der Waals surface area (Å²) >= 11 is 1.59. The molecular weight excluding hydrogens is 348 g/mol. The molecule has 2 atom stereocenters. The van der Waals surface area contributed by atoms with Crippen LogP contribution >= 0.6 is 11.8 Å². The van der Waals surface area contributed by atoms with E-state index < -0.39 is 6.10 Å². The van der Waals surface area contributed by atoms with Gasteiger partial charge in [-0.3, -0.25) is 4.79 Å². The summed E-state index contributed by atoms with van der Waals surface area (Å²) in [6.07, 6.45) is 1.69. The quantitative estimate of drug-likeness (QED) is 0.757. The summed E-state index contributed by atoms with van der Waals surface area (Å²) in [6.45, 7) is 3.13. The maximum absolute atomic E-state index is 12.9. The number of carbonyl (C=O) groups excluding carboxylic acids is 1. The number of β-amino-alcohol motifs (C(OH)–C–C–N with tert-alkyl or cyclic N) is 1. The highest BCUT2D eigenvalue weighted by atomic mass is 32.2. The molecular formula is C20H24N2O3S. The fourth-order valence-electron chi connectivity index (χ4n) is 3.05. The monoisotopic (exact) mass is 372 g/mol. The average molecular weight is 372 g/mol. The Bertz CT molecular complexity index is 726. The van der Waals surface area contributed by atoms with Gasteiger partial charge in [0.2, 0.25) is 0 Å². The van der Waals surface area contributed by atoms with Crippen molar-refractivity contribution < 1.29 is 14.6 Å². The van der Waals surface area contributed by atoms with E-state index in [-0.39, 0.29) is 12.0 Å². The van der Waals surface area contributed by atoms with Crippen LogP contribution in [0.1, 0.15) is 22.8 Å². The van der Waals surface area contributed by atoms with Crippen molar-refractivity contribution in [1.29, 1.82) is 0 Å². The van der Waals surface area contributed by atoms with E-state index in [2.05, 4.69) is 17.1 Å². The molecule has 1 saturated heterocycles. The normalized spacial score (nSPS) is 19.7. The molecule has 0 bridgehead atoms. The molecule has 1 fully saturated rings. The van der Waals surface area contributed by atoms with Crippen molar-refractivity contribution >= 4 is 17.7 Å². The van der Waals surface area contributed by atoms with Gasteiger partial charge in [-0.15, -0.1) is 11.8 Å². The smallest absolute Gasteiger partial charge is 0.256 e. The zero-order valence-electron chi connectivity index (χ0n) is 14.9. The number of hydrogen-bond donors (Lipinski definition) is 1. The number of nitrogens with zero attached hydrogens (tertiary/aromatic N) is 2. The topological polar surface area (TPSA) is 62.7 Å². The van der Waals surface area contributed by atoms with Gasteiger partial charge in [-0.05, 0) is 31.0 Å². The van der Waals surface area contributed by atoms with Gasteiger partial charge in [-0.25, -0.2) is 4.98 Å². The lowest BCUT2D eigenvalue weighted by Gasteiger charge is -2.17. The summed E-state index contributed by atoms with van der Waals surface area (Å²) in [5.41, 5.74) is 1.86. The van der Waals surface area contributed by atoms with Gasteiger partial charge in [-0.2, -0.15) is 0 Å². The van der Waals surface area contributed by atoms with E-state index in [0.717, 1.165) is 17.2 Å². The maximum Gasteiger partial charge on any atom is 0.256 e. The molecule has 3 rings (SSSR count). The van der Waals surface area contributed by atoms with Crippen LogP contribution in [0.4, 0.5) is 0 Å². The van der Waals surface area contributed by atoms with Crippen molar-refractivity contribution in [3.05, 3.63) is 59.8 Å². The summed E-state index contributed by atoms with van der Waals surface area (Å²) in [5, 5.41) is 10.8. The Hall–Kier alpha value is -1.89. The van der Waals surface area contributed by atoms with Crippen molar-refractivity contribution in [2.24, 2.45) is 0 Å². The van der Waals surface area contributed by atoms with Gasteiger partial charge in [-0.1, -0.05) is 30.3 Å². The molecule has 0 radical (unpaired) electrons. The highest BCUT2D eigenvalue weighted by Gasteiger charge is 2.35. The van der Waals surface area contributed by atoms with E-state index in [1.54, 1.807) is 35.0 Å². The van der Waals surface area contributed by atoms with Crippen LogP contribution in [-0.4, -0.2) is 58.6 Å². The molecule has 2 aromatic rings. The largest absolute Gasteiger partial charge is 0.388 e. The summed E-state index contributed by atoms with van der Waals surface area (Å²) in [4.78, 5) is 19.0. The average Bonchev–Trinajstić information content (AvgIpc) is 3.03. The number of aliphatic hydroxyl groups excluding tert-OH is 1. The first-order chi connectivity index (χ1) is 12.7. The minimum absolute atomic E-state index is 0.0958. The molecule has 2 heterocycles. The molecule has 0 saturated carbocycles. The number of amides is 1. The molecule has 0 spiro atoms. The molecule has 5 nitrogen and oxygen atoms in total. The Labute approximate surface area is 158 Å². The predicted octanol–water partition coefficient (Wildman–Crippen LogP) is 2.64. The molecule has 6 heteroatoms. The highest BCUT2D eigenvalue weighted by Crippen LogP contribution is 2.24. The molecule has 0 aliphatic carbocycles. The molecule has 1 N–H and O–H groups in total. The van der Waals surface area contributed by atoms with Crippen LogP contribution in [0.15, 0.2) is 53.7 Å². The highest BCUT2D eigenvalue weighted by molar-refractivity contribution is 7.99. The number of rotatable bonds is 7. The zero-order chi connectivity index (χ0) is 18.4. The van der Waals surface area contributed by atoms with Gasteiger partial charge in [0.25, 0.3) is 5.91 Å². The molecule has 1 aromatic heterocycles. The minimum Gasteiger partial charge on any atom is -0.388 e. The molecule has 138 valence electrons. The summed E-state index contributed by atoms with van der Waals surface area (Å²) in [6, 6.07) is 13.9. The van der Waals surface area contributed by atoms with E-state index >= 15 is 0 Å². The van der Waals surface area contributed by atoms with Gasteiger partial charge in [0.15, 0.2) is 0 Å². The lowest BCUT2D eigenvalue weighted by Crippen LogP contribution is -2.30. The third-order valence-electron chi connectivity index (χ3n) is 4.38. The number of ether oxygens (including phenoxy) is 1. The number of hydrogen-bond acceptors (Lipinski definition) is 5. The summed E-state index contributed by atoms with van der Waals surface area (Å²) in [5.74, 6) is 0.757. The van der Waals surface area contributed by atoms with Crippen molar-refractivity contribution in [2.45, 2.75) is 30.6 Å². The number of carbonyl (C=O) groups is 1. The summed E-state index contributed by atoms with van der Waals surface area (Å²) < 4.78 is 5.51. The van der Waals surface area contributed by atoms with Crippen molar-refractivity contribution in [3.63, 3.8) is 0 Å². The van der Waals surface area contributed by atoms with Gasteiger partial charge in [0.1, 0.15) is 11.1 Å². The van der Waals surface area contributed by atoms with Gasteiger partial charge < -0.3 is 14.7 Å². The number of aryl methyl sites for hydroxylation is 1. The Morgan fingerprint density at radius 3 is 2.85 bits per heavy atom. The van der Waals surface area contributed by atoms with E-state index in [1.165, 1.54) is 5.56 Å². The third-order valence-corrected chi connectivity index (χ3v) is 5.39. The van der Waals surface area contributed by atoms with Crippen molar-refractivity contribution in [3.8, 4) is 0 Å². The maximum atomic E-state index is 12.9. The second-order valence-electron chi connectivity index (χ2n) is 6.21. The predicted molar refractivity (Wildman–Crippen MR) is 102 cm³/mol. The number of pyridine rings is 1. The second kappa shape index (κ2) is 9.16.